The van der Waals surface area contributed by atoms with E-state index in [4.69, 9.17) is 0 Å². The Hall–Kier alpha value is -2.99. The second kappa shape index (κ2) is 9.48. The van der Waals surface area contributed by atoms with Gasteiger partial charge in [0.2, 0.25) is 5.91 Å². The van der Waals surface area contributed by atoms with Gasteiger partial charge in [0.05, 0.1) is 10.5 Å². The first-order valence-corrected chi connectivity index (χ1v) is 8.36. The van der Waals surface area contributed by atoms with Crippen LogP contribution in [-0.2, 0) is 11.3 Å². The number of benzene rings is 2. The molecule has 0 heterocycles. The van der Waals surface area contributed by atoms with Gasteiger partial charge in [-0.15, -0.1) is 0 Å². The van der Waals surface area contributed by atoms with Crippen molar-refractivity contribution in [3.8, 4) is 0 Å². The second-order valence-electron chi connectivity index (χ2n) is 6.20. The van der Waals surface area contributed by atoms with Gasteiger partial charge in [-0.2, -0.15) is 0 Å². The van der Waals surface area contributed by atoms with E-state index < -0.39 is 4.92 Å². The molecule has 6 heteroatoms. The highest BCUT2D eigenvalue weighted by Crippen LogP contribution is 2.19. The summed E-state index contributed by atoms with van der Waals surface area (Å²) in [6, 6.07) is 16.1. The predicted octanol–water partition coefficient (Wildman–Crippen LogP) is 3.20. The van der Waals surface area contributed by atoms with E-state index in [9.17, 15) is 14.9 Å². The van der Waals surface area contributed by atoms with E-state index in [0.717, 1.165) is 12.1 Å². The number of carbonyl (C=O) groups is 1. The van der Waals surface area contributed by atoms with Crippen LogP contribution >= 0.6 is 0 Å². The summed E-state index contributed by atoms with van der Waals surface area (Å²) in [6.07, 6.45) is 2.91. The molecule has 2 aromatic carbocycles. The monoisotopic (exact) mass is 353 g/mol. The fourth-order valence-electron chi connectivity index (χ4n) is 2.45. The number of nitro groups is 1. The normalized spacial score (nSPS) is 11.0. The zero-order valence-electron chi connectivity index (χ0n) is 15.0. The van der Waals surface area contributed by atoms with Crippen LogP contribution in [0.3, 0.4) is 0 Å². The van der Waals surface area contributed by atoms with E-state index in [-0.39, 0.29) is 11.6 Å². The van der Waals surface area contributed by atoms with Gasteiger partial charge in [0.1, 0.15) is 0 Å². The third-order valence-electron chi connectivity index (χ3n) is 3.88. The molecule has 0 aliphatic heterocycles. The van der Waals surface area contributed by atoms with Crippen molar-refractivity contribution in [1.82, 2.24) is 9.80 Å². The van der Waals surface area contributed by atoms with Crippen LogP contribution < -0.4 is 0 Å². The van der Waals surface area contributed by atoms with Crippen molar-refractivity contribution in [2.45, 2.75) is 6.54 Å². The zero-order valence-corrected chi connectivity index (χ0v) is 15.0. The largest absolute Gasteiger partial charge is 0.334 e. The van der Waals surface area contributed by atoms with E-state index >= 15 is 0 Å². The van der Waals surface area contributed by atoms with Gasteiger partial charge in [-0.05, 0) is 31.8 Å². The Bertz CT molecular complexity index is 773. The third kappa shape index (κ3) is 5.82. The van der Waals surface area contributed by atoms with Crippen LogP contribution in [0.15, 0.2) is 60.7 Å². The van der Waals surface area contributed by atoms with Gasteiger partial charge in [0.25, 0.3) is 5.69 Å². The summed E-state index contributed by atoms with van der Waals surface area (Å²) in [5, 5.41) is 11.1. The van der Waals surface area contributed by atoms with Crippen LogP contribution in [-0.4, -0.2) is 47.8 Å². The van der Waals surface area contributed by atoms with Gasteiger partial charge in [0, 0.05) is 31.8 Å². The van der Waals surface area contributed by atoms with Gasteiger partial charge in [0.15, 0.2) is 0 Å². The van der Waals surface area contributed by atoms with Crippen molar-refractivity contribution >= 4 is 17.7 Å². The highest BCUT2D eigenvalue weighted by molar-refractivity contribution is 5.92. The molecule has 26 heavy (non-hydrogen) atoms. The Morgan fingerprint density at radius 2 is 1.69 bits per heavy atom. The number of likely N-dealkylation sites (N-methyl/N-ethyl adjacent to an activating group) is 1. The van der Waals surface area contributed by atoms with Crippen molar-refractivity contribution in [2.75, 3.05) is 27.2 Å². The standard InChI is InChI=1S/C20H23N3O3/c1-21(2)14-15-22(16-17-8-4-3-5-9-17)20(24)13-12-18-10-6-7-11-19(18)23(25)26/h3-13H,14-16H2,1-2H3/b13-12+. The smallest absolute Gasteiger partial charge is 0.276 e. The van der Waals surface area contributed by atoms with E-state index in [1.165, 1.54) is 18.2 Å². The Balaban J connectivity index is 2.16. The summed E-state index contributed by atoms with van der Waals surface area (Å²) in [6.45, 7) is 1.80. The molecule has 2 aromatic rings. The molecule has 0 aromatic heterocycles. The maximum atomic E-state index is 12.7. The molecule has 1 amide bonds. The van der Waals surface area contributed by atoms with Gasteiger partial charge in [-0.25, -0.2) is 0 Å². The van der Waals surface area contributed by atoms with Crippen LogP contribution in [0.2, 0.25) is 0 Å². The number of hydrogen-bond donors (Lipinski definition) is 0. The number of para-hydroxylation sites is 1. The number of nitro benzene ring substituents is 1. The molecule has 0 aliphatic carbocycles. The first-order chi connectivity index (χ1) is 12.5. The molecule has 0 aliphatic rings. The van der Waals surface area contributed by atoms with E-state index in [2.05, 4.69) is 0 Å². The molecule has 6 nitrogen and oxygen atoms in total. The summed E-state index contributed by atoms with van der Waals surface area (Å²) in [4.78, 5) is 27.1. The number of carbonyl (C=O) groups excluding carboxylic acids is 1. The molecule has 0 atom stereocenters. The molecule has 0 N–H and O–H groups in total. The van der Waals surface area contributed by atoms with Gasteiger partial charge >= 0.3 is 0 Å². The SMILES string of the molecule is CN(C)CCN(Cc1ccccc1)C(=O)/C=C/c1ccccc1[N+](=O)[O-]. The Morgan fingerprint density at radius 1 is 1.04 bits per heavy atom. The minimum Gasteiger partial charge on any atom is -0.334 e. The Labute approximate surface area is 153 Å². The van der Waals surface area contributed by atoms with Crippen molar-refractivity contribution < 1.29 is 9.72 Å². The van der Waals surface area contributed by atoms with Crippen LogP contribution in [0.4, 0.5) is 5.69 Å². The molecule has 136 valence electrons. The van der Waals surface area contributed by atoms with Crippen LogP contribution in [0.25, 0.3) is 6.08 Å². The number of amides is 1. The first-order valence-electron chi connectivity index (χ1n) is 8.36. The quantitative estimate of drug-likeness (QED) is 0.415. The number of hydrogen-bond acceptors (Lipinski definition) is 4. The highest BCUT2D eigenvalue weighted by Gasteiger charge is 2.14. The summed E-state index contributed by atoms with van der Waals surface area (Å²) in [7, 11) is 3.91. The maximum Gasteiger partial charge on any atom is 0.276 e. The average molecular weight is 353 g/mol. The zero-order chi connectivity index (χ0) is 18.9. The lowest BCUT2D eigenvalue weighted by molar-refractivity contribution is -0.385. The average Bonchev–Trinajstić information content (AvgIpc) is 2.64. The highest BCUT2D eigenvalue weighted by atomic mass is 16.6. The minimum atomic E-state index is -0.446. The molecule has 0 unspecified atom stereocenters. The van der Waals surface area contributed by atoms with Crippen molar-refractivity contribution in [2.24, 2.45) is 0 Å². The number of rotatable bonds is 8. The van der Waals surface area contributed by atoms with Crippen LogP contribution in [0.1, 0.15) is 11.1 Å². The minimum absolute atomic E-state index is 0.0144. The van der Waals surface area contributed by atoms with Crippen LogP contribution in [0.5, 0.6) is 0 Å². The lowest BCUT2D eigenvalue weighted by Gasteiger charge is -2.23. The molecular formula is C20H23N3O3. The Kier molecular flexibility index (Phi) is 7.05. The third-order valence-corrected chi connectivity index (χ3v) is 3.88. The molecule has 0 bridgehead atoms. The van der Waals surface area contributed by atoms with E-state index in [1.807, 2.05) is 49.3 Å². The summed E-state index contributed by atoms with van der Waals surface area (Å²) >= 11 is 0. The molecule has 0 saturated carbocycles. The van der Waals surface area contributed by atoms with Crippen LogP contribution in [0, 0.1) is 10.1 Å². The van der Waals surface area contributed by atoms with Gasteiger partial charge in [-0.1, -0.05) is 42.5 Å². The van der Waals surface area contributed by atoms with Crippen molar-refractivity contribution in [1.29, 1.82) is 0 Å². The maximum absolute atomic E-state index is 12.7. The fraction of sp³-hybridized carbons (Fsp3) is 0.250. The molecule has 2 rings (SSSR count). The summed E-state index contributed by atoms with van der Waals surface area (Å²) in [5.41, 5.74) is 1.44. The summed E-state index contributed by atoms with van der Waals surface area (Å²) < 4.78 is 0. The fourth-order valence-corrected chi connectivity index (χ4v) is 2.45. The van der Waals surface area contributed by atoms with Crippen molar-refractivity contribution in [3.63, 3.8) is 0 Å². The topological polar surface area (TPSA) is 66.7 Å². The number of nitrogens with zero attached hydrogens (tertiary/aromatic N) is 3. The Morgan fingerprint density at radius 3 is 2.35 bits per heavy atom. The molecule has 0 spiro atoms. The lowest BCUT2D eigenvalue weighted by atomic mass is 10.1. The van der Waals surface area contributed by atoms with Crippen molar-refractivity contribution in [3.05, 3.63) is 81.9 Å². The summed E-state index contributed by atoms with van der Waals surface area (Å²) in [5.74, 6) is -0.172. The molecule has 0 fully saturated rings. The lowest BCUT2D eigenvalue weighted by Crippen LogP contribution is -2.35. The van der Waals surface area contributed by atoms with Gasteiger partial charge in [-0.3, -0.25) is 14.9 Å². The molecule has 0 radical (unpaired) electrons. The molecular weight excluding hydrogens is 330 g/mol. The van der Waals surface area contributed by atoms with Gasteiger partial charge < -0.3 is 9.80 Å². The van der Waals surface area contributed by atoms with E-state index in [1.54, 1.807) is 23.1 Å². The predicted molar refractivity (Wildman–Crippen MR) is 103 cm³/mol. The van der Waals surface area contributed by atoms with E-state index in [0.29, 0.717) is 18.7 Å². The molecule has 0 saturated heterocycles. The first kappa shape index (κ1) is 19.3. The second-order valence-corrected chi connectivity index (χ2v) is 6.20.